The summed E-state index contributed by atoms with van der Waals surface area (Å²) >= 11 is 1.19. The molecule has 12 nitrogen and oxygen atoms in total. The predicted molar refractivity (Wildman–Crippen MR) is 221 cm³/mol. The van der Waals surface area contributed by atoms with E-state index in [1.807, 2.05) is 30.3 Å². The number of carbonyl (C=O) groups is 2. The highest BCUT2D eigenvalue weighted by Gasteiger charge is 2.21. The number of hydrazine groups is 1. The first-order valence-electron chi connectivity index (χ1n) is 19.2. The molecule has 0 aliphatic heterocycles. The molecule has 2 amide bonds. The van der Waals surface area contributed by atoms with Gasteiger partial charge in [0.1, 0.15) is 18.0 Å². The number of phenolic OH excluding ortho intramolecular Hbond substituents is 1. The van der Waals surface area contributed by atoms with E-state index in [2.05, 4.69) is 50.5 Å². The number of para-hydroxylation sites is 2. The van der Waals surface area contributed by atoms with Gasteiger partial charge in [0, 0.05) is 22.2 Å². The molecule has 0 aliphatic rings. The van der Waals surface area contributed by atoms with Gasteiger partial charge < -0.3 is 31.3 Å². The number of tetrazole rings is 1. The molecular formula is C42H52N8O4S. The summed E-state index contributed by atoms with van der Waals surface area (Å²) in [6.07, 6.45) is 16.7. The van der Waals surface area contributed by atoms with Gasteiger partial charge in [-0.3, -0.25) is 9.59 Å². The SMILES string of the molecule is C=CNNc1ccc(NC(=O)Cn2nnnc2Sc2cc(C(=O)Nc3ccccc3OCCCCCCCCCCCCCC)c(O)c3ccccc23)cc1. The number of hydrogen-bond acceptors (Lipinski definition) is 10. The van der Waals surface area contributed by atoms with Crippen LogP contribution in [-0.4, -0.2) is 43.7 Å². The number of rotatable bonds is 24. The highest BCUT2D eigenvalue weighted by atomic mass is 32.2. The van der Waals surface area contributed by atoms with Crippen LogP contribution in [0.15, 0.2) is 102 Å². The lowest BCUT2D eigenvalue weighted by molar-refractivity contribution is -0.117. The van der Waals surface area contributed by atoms with Crippen molar-refractivity contribution in [2.45, 2.75) is 101 Å². The Hall–Kier alpha value is -5.56. The number of hydrogen-bond donors (Lipinski definition) is 5. The average molecular weight is 765 g/mol. The van der Waals surface area contributed by atoms with Crippen LogP contribution in [0.5, 0.6) is 11.5 Å². The summed E-state index contributed by atoms with van der Waals surface area (Å²) in [6, 6.07) is 23.3. The number of amides is 2. The highest BCUT2D eigenvalue weighted by Crippen LogP contribution is 2.39. The molecule has 0 saturated heterocycles. The first kappa shape index (κ1) is 40.6. The summed E-state index contributed by atoms with van der Waals surface area (Å²) < 4.78 is 7.50. The average Bonchev–Trinajstić information content (AvgIpc) is 3.63. The van der Waals surface area contributed by atoms with Gasteiger partial charge >= 0.3 is 0 Å². The van der Waals surface area contributed by atoms with Crippen LogP contribution in [-0.2, 0) is 11.3 Å². The number of nitrogens with zero attached hydrogens (tertiary/aromatic N) is 4. The Labute approximate surface area is 327 Å². The van der Waals surface area contributed by atoms with E-state index in [9.17, 15) is 14.7 Å². The van der Waals surface area contributed by atoms with Crippen molar-refractivity contribution in [3.8, 4) is 11.5 Å². The molecule has 290 valence electrons. The number of ether oxygens (including phenoxy) is 1. The largest absolute Gasteiger partial charge is 0.506 e. The topological polar surface area (TPSA) is 155 Å². The van der Waals surface area contributed by atoms with Gasteiger partial charge in [-0.05, 0) is 76.5 Å². The standard InChI is InChI=1S/C42H52N8O4S/c1-3-5-6-7-8-9-10-11-12-13-14-19-28-54-37-23-18-17-22-36(37)45-41(53)35-29-38(33-20-15-16-21-34(33)40(35)52)55-42-47-48-49-50(42)30-39(51)44-31-24-26-32(27-25-31)46-43-4-2/h4,15-18,20-27,29,43,46,52H,2-3,5-14,19,28,30H2,1H3,(H,44,51)(H,45,53). The lowest BCUT2D eigenvalue weighted by Gasteiger charge is -2.15. The van der Waals surface area contributed by atoms with Crippen molar-refractivity contribution in [2.24, 2.45) is 0 Å². The van der Waals surface area contributed by atoms with Crippen LogP contribution in [0.2, 0.25) is 0 Å². The second-order valence-corrected chi connectivity index (χ2v) is 14.3. The van der Waals surface area contributed by atoms with Crippen molar-refractivity contribution >= 4 is 51.4 Å². The van der Waals surface area contributed by atoms with Gasteiger partial charge in [-0.25, -0.2) is 4.68 Å². The number of nitrogens with one attached hydrogen (secondary N) is 4. The van der Waals surface area contributed by atoms with Crippen molar-refractivity contribution in [3.05, 3.63) is 97.2 Å². The third kappa shape index (κ3) is 12.5. The number of unbranched alkanes of at least 4 members (excludes halogenated alkanes) is 11. The van der Waals surface area contributed by atoms with Crippen molar-refractivity contribution < 1.29 is 19.4 Å². The van der Waals surface area contributed by atoms with Crippen LogP contribution in [0.4, 0.5) is 17.1 Å². The zero-order valence-corrected chi connectivity index (χ0v) is 32.4. The molecule has 0 fully saturated rings. The number of fused-ring (bicyclic) bond motifs is 1. The van der Waals surface area contributed by atoms with Crippen LogP contribution in [0.25, 0.3) is 10.8 Å². The van der Waals surface area contributed by atoms with E-state index in [1.165, 1.54) is 86.9 Å². The summed E-state index contributed by atoms with van der Waals surface area (Å²) in [6.45, 7) is 6.25. The molecule has 5 aromatic rings. The fourth-order valence-electron chi connectivity index (χ4n) is 6.17. The Morgan fingerprint density at radius 1 is 0.818 bits per heavy atom. The summed E-state index contributed by atoms with van der Waals surface area (Å²) in [5.41, 5.74) is 7.74. The lowest BCUT2D eigenvalue weighted by atomic mass is 10.0. The molecule has 5 N–H and O–H groups in total. The fraction of sp³-hybridized carbons (Fsp3) is 0.357. The Balaban J connectivity index is 1.18. The zero-order valence-electron chi connectivity index (χ0n) is 31.6. The van der Waals surface area contributed by atoms with Crippen molar-refractivity contribution in [1.29, 1.82) is 0 Å². The molecule has 4 aromatic carbocycles. The smallest absolute Gasteiger partial charge is 0.259 e. The second kappa shape index (κ2) is 22.0. The van der Waals surface area contributed by atoms with Gasteiger partial charge in [-0.15, -0.1) is 5.10 Å². The maximum atomic E-state index is 13.8. The van der Waals surface area contributed by atoms with E-state index in [1.54, 1.807) is 48.5 Å². The minimum atomic E-state index is -0.494. The zero-order chi connectivity index (χ0) is 38.7. The Bertz CT molecular complexity index is 1980. The molecule has 1 aromatic heterocycles. The number of carbonyl (C=O) groups excluding carboxylic acids is 2. The van der Waals surface area contributed by atoms with E-state index >= 15 is 0 Å². The molecular weight excluding hydrogens is 713 g/mol. The molecule has 55 heavy (non-hydrogen) atoms. The van der Waals surface area contributed by atoms with E-state index < -0.39 is 5.91 Å². The first-order chi connectivity index (χ1) is 27.0. The van der Waals surface area contributed by atoms with Gasteiger partial charge in [-0.1, -0.05) is 121 Å². The van der Waals surface area contributed by atoms with Crippen molar-refractivity contribution in [2.75, 3.05) is 22.7 Å². The molecule has 0 radical (unpaired) electrons. The maximum absolute atomic E-state index is 13.8. The third-order valence-corrected chi connectivity index (χ3v) is 10.1. The summed E-state index contributed by atoms with van der Waals surface area (Å²) in [5, 5.41) is 30.6. The Kier molecular flexibility index (Phi) is 16.2. The van der Waals surface area contributed by atoms with Crippen LogP contribution < -0.4 is 26.2 Å². The van der Waals surface area contributed by atoms with E-state index in [-0.39, 0.29) is 23.8 Å². The van der Waals surface area contributed by atoms with Gasteiger partial charge in [0.2, 0.25) is 11.1 Å². The predicted octanol–water partition coefficient (Wildman–Crippen LogP) is 9.71. The molecule has 0 bridgehead atoms. The Morgan fingerprint density at radius 3 is 2.16 bits per heavy atom. The van der Waals surface area contributed by atoms with Crippen LogP contribution in [0.3, 0.4) is 0 Å². The highest BCUT2D eigenvalue weighted by molar-refractivity contribution is 7.99. The maximum Gasteiger partial charge on any atom is 0.259 e. The van der Waals surface area contributed by atoms with Crippen molar-refractivity contribution in [1.82, 2.24) is 25.6 Å². The van der Waals surface area contributed by atoms with Gasteiger partial charge in [-0.2, -0.15) is 0 Å². The lowest BCUT2D eigenvalue weighted by Crippen LogP contribution is -2.20. The summed E-state index contributed by atoms with van der Waals surface area (Å²) in [5.74, 6) is -0.391. The number of phenols is 1. The molecule has 13 heteroatoms. The molecule has 0 atom stereocenters. The molecule has 0 aliphatic carbocycles. The quantitative estimate of drug-likeness (QED) is 0.0303. The number of aromatic hydroxyl groups is 1. The Morgan fingerprint density at radius 2 is 1.45 bits per heavy atom. The minimum absolute atomic E-state index is 0.0787. The van der Waals surface area contributed by atoms with Gasteiger partial charge in [0.05, 0.1) is 23.5 Å². The minimum Gasteiger partial charge on any atom is -0.506 e. The first-order valence-corrected chi connectivity index (χ1v) is 20.0. The molecule has 0 unspecified atom stereocenters. The molecule has 5 rings (SSSR count). The molecule has 0 saturated carbocycles. The van der Waals surface area contributed by atoms with E-state index in [4.69, 9.17) is 4.74 Å². The summed E-state index contributed by atoms with van der Waals surface area (Å²) in [7, 11) is 0. The number of anilines is 3. The summed E-state index contributed by atoms with van der Waals surface area (Å²) in [4.78, 5) is 27.4. The third-order valence-electron chi connectivity index (χ3n) is 9.09. The fourth-order valence-corrected chi connectivity index (χ4v) is 7.12. The van der Waals surface area contributed by atoms with Crippen molar-refractivity contribution in [3.63, 3.8) is 0 Å². The number of benzene rings is 4. The van der Waals surface area contributed by atoms with Gasteiger partial charge in [0.15, 0.2) is 0 Å². The van der Waals surface area contributed by atoms with E-state index in [0.717, 1.165) is 18.5 Å². The van der Waals surface area contributed by atoms with Crippen LogP contribution in [0.1, 0.15) is 94.3 Å². The number of aromatic nitrogens is 4. The monoisotopic (exact) mass is 764 g/mol. The van der Waals surface area contributed by atoms with Crippen LogP contribution in [0, 0.1) is 0 Å². The van der Waals surface area contributed by atoms with Gasteiger partial charge in [0.25, 0.3) is 5.91 Å². The molecule has 1 heterocycles. The molecule has 0 spiro atoms. The van der Waals surface area contributed by atoms with Crippen LogP contribution >= 0.6 is 11.8 Å². The normalized spacial score (nSPS) is 10.9. The van der Waals surface area contributed by atoms with E-state index in [0.29, 0.717) is 44.6 Å². The second-order valence-electron chi connectivity index (χ2n) is 13.3.